The van der Waals surface area contributed by atoms with E-state index in [1.54, 1.807) is 0 Å². The molecule has 0 aliphatic heterocycles. The van der Waals surface area contributed by atoms with Crippen LogP contribution in [0.1, 0.15) is 19.5 Å². The van der Waals surface area contributed by atoms with Crippen molar-refractivity contribution in [3.05, 3.63) is 16.6 Å². The lowest BCUT2D eigenvalue weighted by atomic mass is 10.0. The van der Waals surface area contributed by atoms with Gasteiger partial charge in [0.25, 0.3) is 0 Å². The Hall–Kier alpha value is -0.740. The first-order chi connectivity index (χ1) is 5.74. The van der Waals surface area contributed by atoms with Crippen molar-refractivity contribution in [3.63, 3.8) is 0 Å². The Labute approximate surface area is 75.9 Å². The van der Waals surface area contributed by atoms with E-state index in [1.165, 1.54) is 11.5 Å². The fraction of sp³-hybridized carbons (Fsp3) is 0.500. The molecule has 4 heteroatoms. The van der Waals surface area contributed by atoms with Gasteiger partial charge in [-0.15, -0.1) is 5.10 Å². The molecular formula is C8H12N2OS. The molecule has 0 saturated heterocycles. The Balaban J connectivity index is 2.78. The standard InChI is InChI=1S/C8H12N2OS/c1-6(2)7(4-11)3-8-5-12-10-9-8/h3,5-6,11H,4H2,1-2H3/b7-3-. The predicted octanol–water partition coefficient (Wildman–Crippen LogP) is 1.57. The molecule has 0 aromatic carbocycles. The maximum Gasteiger partial charge on any atom is 0.0982 e. The Kier molecular flexibility index (Phi) is 3.37. The van der Waals surface area contributed by atoms with Crippen molar-refractivity contribution in [1.29, 1.82) is 0 Å². The van der Waals surface area contributed by atoms with Crippen LogP contribution in [0.25, 0.3) is 6.08 Å². The summed E-state index contributed by atoms with van der Waals surface area (Å²) < 4.78 is 3.73. The second kappa shape index (κ2) is 4.33. The molecule has 1 N–H and O–H groups in total. The summed E-state index contributed by atoms with van der Waals surface area (Å²) in [5.41, 5.74) is 1.82. The van der Waals surface area contributed by atoms with E-state index >= 15 is 0 Å². The molecule has 0 radical (unpaired) electrons. The SMILES string of the molecule is CC(C)/C(=C\c1csnn1)CO. The monoisotopic (exact) mass is 184 g/mol. The summed E-state index contributed by atoms with van der Waals surface area (Å²) in [6, 6.07) is 0. The maximum absolute atomic E-state index is 8.98. The van der Waals surface area contributed by atoms with Crippen molar-refractivity contribution >= 4 is 17.6 Å². The molecule has 0 amide bonds. The molecule has 66 valence electrons. The van der Waals surface area contributed by atoms with Crippen LogP contribution in [0, 0.1) is 5.92 Å². The number of aromatic nitrogens is 2. The lowest BCUT2D eigenvalue weighted by Gasteiger charge is -2.05. The van der Waals surface area contributed by atoms with E-state index in [9.17, 15) is 0 Å². The lowest BCUT2D eigenvalue weighted by Crippen LogP contribution is -1.98. The van der Waals surface area contributed by atoms with Crippen molar-refractivity contribution in [2.24, 2.45) is 5.92 Å². The number of rotatable bonds is 3. The third-order valence-corrected chi connectivity index (χ3v) is 2.16. The lowest BCUT2D eigenvalue weighted by molar-refractivity contribution is 0.320. The average Bonchev–Trinajstić information content (AvgIpc) is 2.51. The van der Waals surface area contributed by atoms with Gasteiger partial charge < -0.3 is 5.11 Å². The highest BCUT2D eigenvalue weighted by atomic mass is 32.1. The molecule has 0 saturated carbocycles. The molecule has 3 nitrogen and oxygen atoms in total. The number of hydrogen-bond acceptors (Lipinski definition) is 4. The molecule has 0 atom stereocenters. The van der Waals surface area contributed by atoms with E-state index in [2.05, 4.69) is 9.59 Å². The summed E-state index contributed by atoms with van der Waals surface area (Å²) in [6.07, 6.45) is 1.88. The predicted molar refractivity (Wildman–Crippen MR) is 49.8 cm³/mol. The van der Waals surface area contributed by atoms with E-state index in [0.29, 0.717) is 5.92 Å². The summed E-state index contributed by atoms with van der Waals surface area (Å²) in [6.45, 7) is 4.18. The number of aliphatic hydroxyl groups is 1. The van der Waals surface area contributed by atoms with Gasteiger partial charge >= 0.3 is 0 Å². The van der Waals surface area contributed by atoms with Gasteiger partial charge in [0.15, 0.2) is 0 Å². The third kappa shape index (κ3) is 2.39. The highest BCUT2D eigenvalue weighted by molar-refractivity contribution is 7.03. The zero-order valence-electron chi connectivity index (χ0n) is 7.19. The molecule has 1 rings (SSSR count). The smallest absolute Gasteiger partial charge is 0.0982 e. The fourth-order valence-corrected chi connectivity index (χ4v) is 1.23. The van der Waals surface area contributed by atoms with E-state index < -0.39 is 0 Å². The summed E-state index contributed by atoms with van der Waals surface area (Å²) in [4.78, 5) is 0. The average molecular weight is 184 g/mol. The quantitative estimate of drug-likeness (QED) is 0.775. The molecule has 0 aliphatic carbocycles. The highest BCUT2D eigenvalue weighted by Crippen LogP contribution is 2.12. The zero-order valence-corrected chi connectivity index (χ0v) is 8.01. The topological polar surface area (TPSA) is 46.0 Å². The van der Waals surface area contributed by atoms with Crippen LogP contribution in [-0.2, 0) is 0 Å². The zero-order chi connectivity index (χ0) is 8.97. The number of hydrogen-bond donors (Lipinski definition) is 1. The van der Waals surface area contributed by atoms with Crippen LogP contribution < -0.4 is 0 Å². The van der Waals surface area contributed by atoms with E-state index in [1.807, 2.05) is 25.3 Å². The van der Waals surface area contributed by atoms with Gasteiger partial charge in [-0.1, -0.05) is 18.3 Å². The van der Waals surface area contributed by atoms with Gasteiger partial charge in [0, 0.05) is 5.38 Å². The number of nitrogens with zero attached hydrogens (tertiary/aromatic N) is 2. The van der Waals surface area contributed by atoms with Crippen LogP contribution in [0.3, 0.4) is 0 Å². The first kappa shape index (κ1) is 9.35. The molecule has 12 heavy (non-hydrogen) atoms. The van der Waals surface area contributed by atoms with E-state index in [0.717, 1.165) is 11.3 Å². The minimum absolute atomic E-state index is 0.0925. The van der Waals surface area contributed by atoms with Crippen molar-refractivity contribution in [1.82, 2.24) is 9.59 Å². The van der Waals surface area contributed by atoms with Crippen LogP contribution in [0.2, 0.25) is 0 Å². The molecule has 0 unspecified atom stereocenters. The number of aliphatic hydroxyl groups excluding tert-OH is 1. The van der Waals surface area contributed by atoms with Crippen molar-refractivity contribution < 1.29 is 5.11 Å². The van der Waals surface area contributed by atoms with Gasteiger partial charge in [-0.05, 0) is 29.1 Å². The summed E-state index contributed by atoms with van der Waals surface area (Å²) in [5, 5.41) is 14.7. The maximum atomic E-state index is 8.98. The molecule has 1 aromatic rings. The van der Waals surface area contributed by atoms with Crippen LogP contribution in [0.4, 0.5) is 0 Å². The second-order valence-corrected chi connectivity index (χ2v) is 3.47. The van der Waals surface area contributed by atoms with E-state index in [4.69, 9.17) is 5.11 Å². The molecular weight excluding hydrogens is 172 g/mol. The first-order valence-electron chi connectivity index (χ1n) is 3.82. The third-order valence-electron chi connectivity index (χ3n) is 1.63. The van der Waals surface area contributed by atoms with Crippen LogP contribution in [0.5, 0.6) is 0 Å². The highest BCUT2D eigenvalue weighted by Gasteiger charge is 2.02. The summed E-state index contributed by atoms with van der Waals surface area (Å²) in [7, 11) is 0. The normalized spacial score (nSPS) is 12.5. The van der Waals surface area contributed by atoms with Gasteiger partial charge in [-0.2, -0.15) is 0 Å². The molecule has 0 spiro atoms. The first-order valence-corrected chi connectivity index (χ1v) is 4.66. The van der Waals surface area contributed by atoms with Crippen LogP contribution in [-0.4, -0.2) is 21.3 Å². The molecule has 0 aliphatic rings. The minimum atomic E-state index is 0.0925. The van der Waals surface area contributed by atoms with Gasteiger partial charge in [0.05, 0.1) is 12.3 Å². The van der Waals surface area contributed by atoms with Gasteiger partial charge in [-0.3, -0.25) is 0 Å². The Bertz CT molecular complexity index is 254. The Morgan fingerprint density at radius 2 is 2.50 bits per heavy atom. The summed E-state index contributed by atoms with van der Waals surface area (Å²) in [5.74, 6) is 0.358. The Morgan fingerprint density at radius 1 is 1.75 bits per heavy atom. The fourth-order valence-electron chi connectivity index (χ4n) is 0.820. The second-order valence-electron chi connectivity index (χ2n) is 2.86. The molecule has 0 fully saturated rings. The van der Waals surface area contributed by atoms with Crippen LogP contribution in [0.15, 0.2) is 11.0 Å². The van der Waals surface area contributed by atoms with Crippen molar-refractivity contribution in [3.8, 4) is 0 Å². The van der Waals surface area contributed by atoms with Gasteiger partial charge in [-0.25, -0.2) is 0 Å². The van der Waals surface area contributed by atoms with Gasteiger partial charge in [0.2, 0.25) is 0 Å². The van der Waals surface area contributed by atoms with Crippen LogP contribution >= 0.6 is 11.5 Å². The molecule has 1 heterocycles. The molecule has 0 bridgehead atoms. The summed E-state index contributed by atoms with van der Waals surface area (Å²) >= 11 is 1.32. The molecule has 1 aromatic heterocycles. The van der Waals surface area contributed by atoms with E-state index in [-0.39, 0.29) is 6.61 Å². The Morgan fingerprint density at radius 3 is 2.92 bits per heavy atom. The minimum Gasteiger partial charge on any atom is -0.392 e. The van der Waals surface area contributed by atoms with Gasteiger partial charge in [0.1, 0.15) is 0 Å². The van der Waals surface area contributed by atoms with Crippen molar-refractivity contribution in [2.45, 2.75) is 13.8 Å². The van der Waals surface area contributed by atoms with Crippen molar-refractivity contribution in [2.75, 3.05) is 6.61 Å². The largest absolute Gasteiger partial charge is 0.392 e.